The predicted molar refractivity (Wildman–Crippen MR) is 82.8 cm³/mol. The molecule has 2 heteroatoms. The second-order valence-corrected chi connectivity index (χ2v) is 5.01. The molecular formula is C17H29NO. The molecule has 0 saturated heterocycles. The van der Waals surface area contributed by atoms with Gasteiger partial charge in [-0.2, -0.15) is 0 Å². The van der Waals surface area contributed by atoms with Crippen molar-refractivity contribution in [2.45, 2.75) is 58.9 Å². The van der Waals surface area contributed by atoms with Crippen molar-refractivity contribution >= 4 is 0 Å². The number of para-hydroxylation sites is 1. The number of hydrogen-bond acceptors (Lipinski definition) is 2. The van der Waals surface area contributed by atoms with E-state index in [0.717, 1.165) is 38.2 Å². The molecule has 0 saturated carbocycles. The van der Waals surface area contributed by atoms with E-state index in [2.05, 4.69) is 50.4 Å². The fourth-order valence-electron chi connectivity index (χ4n) is 2.23. The summed E-state index contributed by atoms with van der Waals surface area (Å²) >= 11 is 0. The summed E-state index contributed by atoms with van der Waals surface area (Å²) in [6.07, 6.45) is 5.88. The van der Waals surface area contributed by atoms with Gasteiger partial charge in [-0.25, -0.2) is 0 Å². The molecule has 1 aromatic carbocycles. The Morgan fingerprint density at radius 3 is 2.53 bits per heavy atom. The summed E-state index contributed by atoms with van der Waals surface area (Å²) in [5.74, 6) is 1.05. The van der Waals surface area contributed by atoms with Crippen molar-refractivity contribution in [1.29, 1.82) is 0 Å². The summed E-state index contributed by atoms with van der Waals surface area (Å²) in [7, 11) is 0. The lowest BCUT2D eigenvalue weighted by atomic mass is 10.0. The molecule has 0 aliphatic carbocycles. The highest BCUT2D eigenvalue weighted by Crippen LogP contribution is 2.27. The van der Waals surface area contributed by atoms with Gasteiger partial charge in [-0.15, -0.1) is 0 Å². The van der Waals surface area contributed by atoms with Gasteiger partial charge in [0, 0.05) is 11.6 Å². The minimum absolute atomic E-state index is 0.405. The number of rotatable bonds is 10. The highest BCUT2D eigenvalue weighted by atomic mass is 16.5. The maximum absolute atomic E-state index is 5.96. The van der Waals surface area contributed by atoms with E-state index < -0.39 is 0 Å². The Hall–Kier alpha value is -1.02. The van der Waals surface area contributed by atoms with Gasteiger partial charge >= 0.3 is 0 Å². The van der Waals surface area contributed by atoms with Crippen LogP contribution >= 0.6 is 0 Å². The molecule has 0 heterocycles. The zero-order chi connectivity index (χ0) is 13.9. The maximum atomic E-state index is 5.96. The Morgan fingerprint density at radius 1 is 1.05 bits per heavy atom. The number of hydrogen-bond donors (Lipinski definition) is 1. The first-order chi connectivity index (χ1) is 9.33. The van der Waals surface area contributed by atoms with Gasteiger partial charge in [0.05, 0.1) is 6.61 Å². The molecule has 1 rings (SSSR count). The van der Waals surface area contributed by atoms with E-state index in [9.17, 15) is 0 Å². The molecule has 0 radical (unpaired) electrons. The molecule has 0 aromatic heterocycles. The SMILES string of the molecule is CCCCCOc1ccccc1C(CC)NCCC. The number of unbranched alkanes of at least 4 members (excludes halogenated alkanes) is 2. The van der Waals surface area contributed by atoms with Crippen LogP contribution in [0.3, 0.4) is 0 Å². The smallest absolute Gasteiger partial charge is 0.124 e. The molecule has 0 aliphatic rings. The first-order valence-electron chi connectivity index (χ1n) is 7.78. The first kappa shape index (κ1) is 16.0. The molecule has 19 heavy (non-hydrogen) atoms. The Morgan fingerprint density at radius 2 is 1.84 bits per heavy atom. The maximum Gasteiger partial charge on any atom is 0.124 e. The zero-order valence-electron chi connectivity index (χ0n) is 12.7. The van der Waals surface area contributed by atoms with Crippen LogP contribution in [0, 0.1) is 0 Å². The second kappa shape index (κ2) is 9.85. The molecule has 1 unspecified atom stereocenters. The third-order valence-corrected chi connectivity index (χ3v) is 3.35. The number of nitrogens with one attached hydrogen (secondary N) is 1. The predicted octanol–water partition coefficient (Wildman–Crippen LogP) is 4.71. The molecule has 0 amide bonds. The molecule has 0 bridgehead atoms. The molecule has 0 fully saturated rings. The summed E-state index contributed by atoms with van der Waals surface area (Å²) in [5.41, 5.74) is 1.30. The number of ether oxygens (including phenoxy) is 1. The Bertz CT molecular complexity index is 338. The lowest BCUT2D eigenvalue weighted by molar-refractivity contribution is 0.299. The van der Waals surface area contributed by atoms with E-state index in [0.29, 0.717) is 6.04 Å². The molecule has 1 aromatic rings. The summed E-state index contributed by atoms with van der Waals surface area (Å²) in [4.78, 5) is 0. The van der Waals surface area contributed by atoms with Gasteiger partial charge in [0.1, 0.15) is 5.75 Å². The highest BCUT2D eigenvalue weighted by molar-refractivity contribution is 5.35. The van der Waals surface area contributed by atoms with Gasteiger partial charge in [-0.3, -0.25) is 0 Å². The summed E-state index contributed by atoms with van der Waals surface area (Å²) in [6.45, 7) is 8.53. The average molecular weight is 263 g/mol. The quantitative estimate of drug-likeness (QED) is 0.617. The van der Waals surface area contributed by atoms with E-state index in [1.165, 1.54) is 18.4 Å². The third-order valence-electron chi connectivity index (χ3n) is 3.35. The van der Waals surface area contributed by atoms with Crippen molar-refractivity contribution in [3.05, 3.63) is 29.8 Å². The van der Waals surface area contributed by atoms with Gasteiger partial charge in [0.2, 0.25) is 0 Å². The molecule has 1 atom stereocenters. The van der Waals surface area contributed by atoms with Gasteiger partial charge in [-0.1, -0.05) is 51.8 Å². The minimum Gasteiger partial charge on any atom is -0.493 e. The van der Waals surface area contributed by atoms with Crippen LogP contribution in [0.5, 0.6) is 5.75 Å². The van der Waals surface area contributed by atoms with Crippen LogP contribution in [0.4, 0.5) is 0 Å². The zero-order valence-corrected chi connectivity index (χ0v) is 12.7. The standard InChI is InChI=1S/C17H29NO/c1-4-7-10-14-19-17-12-9-8-11-15(17)16(6-3)18-13-5-2/h8-9,11-12,16,18H,4-7,10,13-14H2,1-3H3. The van der Waals surface area contributed by atoms with Crippen molar-refractivity contribution in [3.63, 3.8) is 0 Å². The first-order valence-corrected chi connectivity index (χ1v) is 7.78. The lowest BCUT2D eigenvalue weighted by Crippen LogP contribution is -2.22. The van der Waals surface area contributed by atoms with Crippen molar-refractivity contribution in [2.24, 2.45) is 0 Å². The molecule has 0 spiro atoms. The van der Waals surface area contributed by atoms with Crippen LogP contribution in [0.1, 0.15) is 64.5 Å². The van der Waals surface area contributed by atoms with E-state index in [-0.39, 0.29) is 0 Å². The topological polar surface area (TPSA) is 21.3 Å². The molecule has 108 valence electrons. The number of benzene rings is 1. The van der Waals surface area contributed by atoms with Crippen LogP contribution in [0.2, 0.25) is 0 Å². The van der Waals surface area contributed by atoms with Crippen molar-refractivity contribution in [3.8, 4) is 5.75 Å². The summed E-state index contributed by atoms with van der Waals surface area (Å²) < 4.78 is 5.96. The summed E-state index contributed by atoms with van der Waals surface area (Å²) in [5, 5.41) is 3.60. The highest BCUT2D eigenvalue weighted by Gasteiger charge is 2.13. The van der Waals surface area contributed by atoms with E-state index in [1.54, 1.807) is 0 Å². The largest absolute Gasteiger partial charge is 0.493 e. The van der Waals surface area contributed by atoms with Crippen LogP contribution in [-0.4, -0.2) is 13.2 Å². The van der Waals surface area contributed by atoms with Gasteiger partial charge in [0.25, 0.3) is 0 Å². The van der Waals surface area contributed by atoms with Crippen molar-refractivity contribution < 1.29 is 4.74 Å². The minimum atomic E-state index is 0.405. The fraction of sp³-hybridized carbons (Fsp3) is 0.647. The van der Waals surface area contributed by atoms with Crippen LogP contribution in [-0.2, 0) is 0 Å². The van der Waals surface area contributed by atoms with E-state index in [1.807, 2.05) is 0 Å². The normalized spacial score (nSPS) is 12.4. The van der Waals surface area contributed by atoms with E-state index in [4.69, 9.17) is 4.74 Å². The monoisotopic (exact) mass is 263 g/mol. The Kier molecular flexibility index (Phi) is 8.31. The van der Waals surface area contributed by atoms with E-state index >= 15 is 0 Å². The van der Waals surface area contributed by atoms with Crippen LogP contribution in [0.15, 0.2) is 24.3 Å². The lowest BCUT2D eigenvalue weighted by Gasteiger charge is -2.20. The van der Waals surface area contributed by atoms with Gasteiger partial charge in [0.15, 0.2) is 0 Å². The van der Waals surface area contributed by atoms with Crippen molar-refractivity contribution in [2.75, 3.05) is 13.2 Å². The molecule has 1 N–H and O–H groups in total. The van der Waals surface area contributed by atoms with Crippen LogP contribution < -0.4 is 10.1 Å². The Labute approximate surface area is 118 Å². The fourth-order valence-corrected chi connectivity index (χ4v) is 2.23. The molecule has 2 nitrogen and oxygen atoms in total. The van der Waals surface area contributed by atoms with Gasteiger partial charge in [-0.05, 0) is 31.9 Å². The molecular weight excluding hydrogens is 234 g/mol. The van der Waals surface area contributed by atoms with Crippen LogP contribution in [0.25, 0.3) is 0 Å². The second-order valence-electron chi connectivity index (χ2n) is 5.01. The van der Waals surface area contributed by atoms with Gasteiger partial charge < -0.3 is 10.1 Å². The summed E-state index contributed by atoms with van der Waals surface area (Å²) in [6, 6.07) is 8.85. The third kappa shape index (κ3) is 5.65. The molecule has 0 aliphatic heterocycles. The Balaban J connectivity index is 2.64. The van der Waals surface area contributed by atoms with Crippen molar-refractivity contribution in [1.82, 2.24) is 5.32 Å². The average Bonchev–Trinajstić information content (AvgIpc) is 2.45.